The van der Waals surface area contributed by atoms with Crippen LogP contribution in [0.25, 0.3) is 0 Å². The number of rotatable bonds is 3. The van der Waals surface area contributed by atoms with Gasteiger partial charge < -0.3 is 10.1 Å². The van der Waals surface area contributed by atoms with Crippen molar-refractivity contribution in [3.05, 3.63) is 46.4 Å². The molecule has 0 aliphatic heterocycles. The molecule has 20 heavy (non-hydrogen) atoms. The number of nitrogens with zero attached hydrogens (tertiary/aromatic N) is 1. The Hall–Kier alpha value is -1.45. The average molecular weight is 311 g/mol. The van der Waals surface area contributed by atoms with Gasteiger partial charge >= 0.3 is 0 Å². The van der Waals surface area contributed by atoms with Gasteiger partial charge in [-0.25, -0.2) is 0 Å². The van der Waals surface area contributed by atoms with E-state index in [1.807, 2.05) is 12.1 Å². The van der Waals surface area contributed by atoms with Crippen LogP contribution >= 0.6 is 23.2 Å². The first kappa shape index (κ1) is 14.9. The van der Waals surface area contributed by atoms with Gasteiger partial charge in [-0.1, -0.05) is 35.3 Å². The molecule has 5 heteroatoms. The predicted molar refractivity (Wildman–Crippen MR) is 84.1 cm³/mol. The lowest BCUT2D eigenvalue weighted by atomic mass is 10.1. The van der Waals surface area contributed by atoms with Crippen LogP contribution in [0.3, 0.4) is 0 Å². The van der Waals surface area contributed by atoms with Crippen molar-refractivity contribution in [2.24, 2.45) is 0 Å². The first-order valence-electron chi connectivity index (χ1n) is 6.22. The molecule has 2 aromatic rings. The molecule has 0 saturated heterocycles. The summed E-state index contributed by atoms with van der Waals surface area (Å²) in [7, 11) is 0. The largest absolute Gasteiger partial charge is 0.437 e. The number of benzene rings is 1. The van der Waals surface area contributed by atoms with Crippen molar-refractivity contribution in [2.45, 2.75) is 26.3 Å². The van der Waals surface area contributed by atoms with Crippen molar-refractivity contribution in [2.75, 3.05) is 5.32 Å². The van der Waals surface area contributed by atoms with Crippen LogP contribution in [-0.4, -0.2) is 10.5 Å². The lowest BCUT2D eigenvalue weighted by Gasteiger charge is -2.21. The van der Waals surface area contributed by atoms with Crippen LogP contribution in [0, 0.1) is 0 Å². The summed E-state index contributed by atoms with van der Waals surface area (Å²) < 4.78 is 5.68. The number of ether oxygens (including phenoxy) is 1. The summed E-state index contributed by atoms with van der Waals surface area (Å²) in [5.74, 6) is 1.69. The topological polar surface area (TPSA) is 34.1 Å². The zero-order valence-electron chi connectivity index (χ0n) is 11.6. The molecule has 2 rings (SSSR count). The van der Waals surface area contributed by atoms with Gasteiger partial charge in [-0.2, -0.15) is 4.98 Å². The number of hydrogen-bond acceptors (Lipinski definition) is 3. The zero-order valence-corrected chi connectivity index (χ0v) is 13.1. The second kappa shape index (κ2) is 5.90. The Labute approximate surface area is 128 Å². The molecular formula is C15H16Cl2N2O. The first-order valence-corrected chi connectivity index (χ1v) is 6.98. The number of anilines is 1. The second-order valence-corrected chi connectivity index (χ2v) is 6.18. The molecule has 0 radical (unpaired) electrons. The fourth-order valence-electron chi connectivity index (χ4n) is 1.60. The highest BCUT2D eigenvalue weighted by Gasteiger charge is 2.11. The summed E-state index contributed by atoms with van der Waals surface area (Å²) in [6, 6.07) is 10.8. The van der Waals surface area contributed by atoms with Crippen molar-refractivity contribution in [1.29, 1.82) is 0 Å². The van der Waals surface area contributed by atoms with Gasteiger partial charge in [0.15, 0.2) is 0 Å². The third-order valence-electron chi connectivity index (χ3n) is 2.36. The standard InChI is InChI=1S/C15H16Cl2N2O/c1-15(2,3)19-12-8-5-9-13(18-12)20-11-7-4-6-10(16)14(11)17/h4-9H,1-3H3,(H,18,19). The van der Waals surface area contributed by atoms with E-state index in [-0.39, 0.29) is 5.54 Å². The SMILES string of the molecule is CC(C)(C)Nc1cccc(Oc2cccc(Cl)c2Cl)n1. The normalized spacial score (nSPS) is 11.2. The third-order valence-corrected chi connectivity index (χ3v) is 3.16. The molecular weight excluding hydrogens is 295 g/mol. The van der Waals surface area contributed by atoms with Crippen LogP contribution < -0.4 is 10.1 Å². The van der Waals surface area contributed by atoms with E-state index in [0.717, 1.165) is 5.82 Å². The van der Waals surface area contributed by atoms with E-state index in [0.29, 0.717) is 21.7 Å². The van der Waals surface area contributed by atoms with Gasteiger partial charge in [-0.15, -0.1) is 0 Å². The Morgan fingerprint density at radius 3 is 2.45 bits per heavy atom. The zero-order chi connectivity index (χ0) is 14.8. The van der Waals surface area contributed by atoms with Gasteiger partial charge in [-0.05, 0) is 39.0 Å². The second-order valence-electron chi connectivity index (χ2n) is 5.39. The monoisotopic (exact) mass is 310 g/mol. The van der Waals surface area contributed by atoms with Gasteiger partial charge in [0, 0.05) is 11.6 Å². The van der Waals surface area contributed by atoms with Crippen molar-refractivity contribution in [3.63, 3.8) is 0 Å². The smallest absolute Gasteiger partial charge is 0.221 e. The van der Waals surface area contributed by atoms with E-state index in [1.165, 1.54) is 0 Å². The highest BCUT2D eigenvalue weighted by Crippen LogP contribution is 2.34. The van der Waals surface area contributed by atoms with E-state index in [9.17, 15) is 0 Å². The lowest BCUT2D eigenvalue weighted by Crippen LogP contribution is -2.26. The molecule has 0 atom stereocenters. The summed E-state index contributed by atoms with van der Waals surface area (Å²) in [6.45, 7) is 6.20. The molecule has 0 bridgehead atoms. The highest BCUT2D eigenvalue weighted by atomic mass is 35.5. The number of hydrogen-bond donors (Lipinski definition) is 1. The summed E-state index contributed by atoms with van der Waals surface area (Å²) in [5.41, 5.74) is -0.0701. The summed E-state index contributed by atoms with van der Waals surface area (Å²) in [4.78, 5) is 4.39. The Morgan fingerprint density at radius 1 is 1.05 bits per heavy atom. The van der Waals surface area contributed by atoms with Gasteiger partial charge in [0.1, 0.15) is 16.6 Å². The Balaban J connectivity index is 2.22. The quantitative estimate of drug-likeness (QED) is 0.825. The molecule has 1 aromatic heterocycles. The maximum Gasteiger partial charge on any atom is 0.221 e. The van der Waals surface area contributed by atoms with E-state index < -0.39 is 0 Å². The molecule has 1 aromatic carbocycles. The minimum Gasteiger partial charge on any atom is -0.437 e. The predicted octanol–water partition coefficient (Wildman–Crippen LogP) is 5.39. The minimum absolute atomic E-state index is 0.0701. The van der Waals surface area contributed by atoms with Gasteiger partial charge in [-0.3, -0.25) is 0 Å². The van der Waals surface area contributed by atoms with Gasteiger partial charge in [0.25, 0.3) is 0 Å². The van der Waals surface area contributed by atoms with Crippen LogP contribution in [0.5, 0.6) is 11.6 Å². The van der Waals surface area contributed by atoms with Crippen molar-refractivity contribution >= 4 is 29.0 Å². The minimum atomic E-state index is -0.0701. The first-order chi connectivity index (χ1) is 9.35. The van der Waals surface area contributed by atoms with E-state index >= 15 is 0 Å². The summed E-state index contributed by atoms with van der Waals surface area (Å²) >= 11 is 12.0. The summed E-state index contributed by atoms with van der Waals surface area (Å²) in [6.07, 6.45) is 0. The average Bonchev–Trinajstić information content (AvgIpc) is 2.33. The molecule has 0 saturated carbocycles. The Morgan fingerprint density at radius 2 is 1.75 bits per heavy atom. The van der Waals surface area contributed by atoms with Crippen LogP contribution in [-0.2, 0) is 0 Å². The third kappa shape index (κ3) is 4.02. The fraction of sp³-hybridized carbons (Fsp3) is 0.267. The van der Waals surface area contributed by atoms with Crippen molar-refractivity contribution < 1.29 is 4.74 Å². The van der Waals surface area contributed by atoms with Crippen LogP contribution in [0.2, 0.25) is 10.0 Å². The summed E-state index contributed by atoms with van der Waals surface area (Å²) in [5, 5.41) is 4.11. The number of halogens is 2. The molecule has 0 fully saturated rings. The fourth-order valence-corrected chi connectivity index (χ4v) is 1.93. The molecule has 0 spiro atoms. The Kier molecular flexibility index (Phi) is 4.41. The van der Waals surface area contributed by atoms with Crippen LogP contribution in [0.15, 0.2) is 36.4 Å². The number of pyridine rings is 1. The molecule has 1 N–H and O–H groups in total. The van der Waals surface area contributed by atoms with E-state index in [1.54, 1.807) is 24.3 Å². The van der Waals surface area contributed by atoms with E-state index in [4.69, 9.17) is 27.9 Å². The maximum absolute atomic E-state index is 6.09. The lowest BCUT2D eigenvalue weighted by molar-refractivity contribution is 0.463. The molecule has 0 amide bonds. The molecule has 0 aliphatic rings. The molecule has 3 nitrogen and oxygen atoms in total. The van der Waals surface area contributed by atoms with Crippen LogP contribution in [0.1, 0.15) is 20.8 Å². The van der Waals surface area contributed by atoms with Crippen LogP contribution in [0.4, 0.5) is 5.82 Å². The Bertz CT molecular complexity index is 609. The number of nitrogens with one attached hydrogen (secondary N) is 1. The van der Waals surface area contributed by atoms with E-state index in [2.05, 4.69) is 31.1 Å². The number of aromatic nitrogens is 1. The van der Waals surface area contributed by atoms with Crippen molar-refractivity contribution in [1.82, 2.24) is 4.98 Å². The van der Waals surface area contributed by atoms with Gasteiger partial charge in [0.2, 0.25) is 5.88 Å². The van der Waals surface area contributed by atoms with Crippen molar-refractivity contribution in [3.8, 4) is 11.6 Å². The maximum atomic E-state index is 6.09. The van der Waals surface area contributed by atoms with Gasteiger partial charge in [0.05, 0.1) is 5.02 Å². The molecule has 0 aliphatic carbocycles. The molecule has 106 valence electrons. The highest BCUT2D eigenvalue weighted by molar-refractivity contribution is 6.42. The molecule has 0 unspecified atom stereocenters. The molecule has 1 heterocycles.